The number of ether oxygens (including phenoxy) is 2. The lowest BCUT2D eigenvalue weighted by Gasteiger charge is -2.08. The highest BCUT2D eigenvalue weighted by molar-refractivity contribution is 8.76. The number of carboxylic acids is 1. The van der Waals surface area contributed by atoms with Gasteiger partial charge < -0.3 is 14.6 Å². The molecule has 0 saturated heterocycles. The van der Waals surface area contributed by atoms with Crippen molar-refractivity contribution in [3.63, 3.8) is 0 Å². The first kappa shape index (κ1) is 26.7. The van der Waals surface area contributed by atoms with Gasteiger partial charge in [-0.3, -0.25) is 4.79 Å². The zero-order valence-corrected chi connectivity index (χ0v) is 18.4. The molecule has 0 aromatic rings. The maximum Gasteiger partial charge on any atom is 0.332 e. The van der Waals surface area contributed by atoms with Crippen LogP contribution in [0.2, 0.25) is 0 Å². The van der Waals surface area contributed by atoms with Gasteiger partial charge in [0.05, 0.1) is 0 Å². The molecule has 0 heterocycles. The smallest absolute Gasteiger partial charge is 0.332 e. The first-order chi connectivity index (χ1) is 11.4. The second kappa shape index (κ2) is 19.8. The Bertz CT molecular complexity index is 288. The van der Waals surface area contributed by atoms with Gasteiger partial charge in [-0.05, 0) is 46.1 Å². The molecular weight excluding hydrogens is 388 g/mol. The van der Waals surface area contributed by atoms with Crippen molar-refractivity contribution >= 4 is 54.9 Å². The molecule has 0 rings (SSSR count). The molecule has 1 N–H and O–H groups in total. The number of rotatable bonds is 14. The molecule has 2 atom stereocenters. The van der Waals surface area contributed by atoms with E-state index in [4.69, 9.17) is 14.6 Å². The molecular formula is C15H30O5S4. The van der Waals surface area contributed by atoms with Gasteiger partial charge in [0, 0.05) is 24.7 Å². The van der Waals surface area contributed by atoms with E-state index in [1.807, 2.05) is 17.0 Å². The van der Waals surface area contributed by atoms with Crippen molar-refractivity contribution in [3.8, 4) is 0 Å². The molecule has 0 saturated carbocycles. The Morgan fingerprint density at radius 3 is 1.67 bits per heavy atom. The monoisotopic (exact) mass is 418 g/mol. The number of carbonyl (C=O) groups is 2. The Hall–Kier alpha value is 0.460. The lowest BCUT2D eigenvalue weighted by molar-refractivity contribution is -0.149. The molecule has 0 aliphatic rings. The van der Waals surface area contributed by atoms with Gasteiger partial charge in [-0.25, -0.2) is 4.79 Å². The summed E-state index contributed by atoms with van der Waals surface area (Å²) in [6.45, 7) is 6.12. The lowest BCUT2D eigenvalue weighted by atomic mass is 10.3. The Kier molecular flexibility index (Phi) is 22.0. The maximum atomic E-state index is 10.7. The van der Waals surface area contributed by atoms with Crippen LogP contribution in [0.15, 0.2) is 0 Å². The fourth-order valence-electron chi connectivity index (χ4n) is 1.11. The van der Waals surface area contributed by atoms with Crippen molar-refractivity contribution in [1.29, 1.82) is 0 Å². The van der Waals surface area contributed by atoms with Gasteiger partial charge in [-0.15, -0.1) is 0 Å². The van der Waals surface area contributed by atoms with E-state index in [0.717, 1.165) is 24.3 Å². The highest BCUT2D eigenvalue weighted by atomic mass is 33.1. The summed E-state index contributed by atoms with van der Waals surface area (Å²) in [6.07, 6.45) is 5.09. The van der Waals surface area contributed by atoms with Gasteiger partial charge in [0.15, 0.2) is 11.9 Å². The molecule has 0 aliphatic carbocycles. The van der Waals surface area contributed by atoms with E-state index in [0.29, 0.717) is 13.2 Å². The van der Waals surface area contributed by atoms with E-state index < -0.39 is 12.1 Å². The van der Waals surface area contributed by atoms with Gasteiger partial charge in [0.2, 0.25) is 0 Å². The van der Waals surface area contributed by atoms with E-state index in [1.54, 1.807) is 53.2 Å². The molecule has 0 fully saturated rings. The summed E-state index contributed by atoms with van der Waals surface area (Å²) in [7, 11) is 7.05. The minimum atomic E-state index is -0.896. The van der Waals surface area contributed by atoms with Crippen LogP contribution in [0.1, 0.15) is 33.6 Å². The summed E-state index contributed by atoms with van der Waals surface area (Å²) in [6, 6.07) is 0. The molecule has 144 valence electrons. The van der Waals surface area contributed by atoms with Crippen molar-refractivity contribution < 1.29 is 24.2 Å². The van der Waals surface area contributed by atoms with Gasteiger partial charge in [0.1, 0.15) is 6.10 Å². The Morgan fingerprint density at radius 1 is 0.917 bits per heavy atom. The number of Topliss-reactive ketones (excluding diaryl/α,β-unsaturated/α-hetero) is 1. The normalized spacial score (nSPS) is 12.9. The van der Waals surface area contributed by atoms with Crippen LogP contribution in [0, 0.1) is 0 Å². The van der Waals surface area contributed by atoms with E-state index >= 15 is 0 Å². The summed E-state index contributed by atoms with van der Waals surface area (Å²) >= 11 is 0. The number of hydrogen-bond acceptors (Lipinski definition) is 8. The van der Waals surface area contributed by atoms with E-state index in [1.165, 1.54) is 0 Å². The van der Waals surface area contributed by atoms with Crippen molar-refractivity contribution in [2.75, 3.05) is 37.2 Å². The maximum absolute atomic E-state index is 10.7. The molecule has 5 nitrogen and oxygen atoms in total. The summed E-state index contributed by atoms with van der Waals surface area (Å²) in [5, 5.41) is 8.45. The molecule has 0 amide bonds. The van der Waals surface area contributed by atoms with Crippen molar-refractivity contribution in [1.82, 2.24) is 0 Å². The van der Waals surface area contributed by atoms with E-state index in [2.05, 4.69) is 6.26 Å². The van der Waals surface area contributed by atoms with Crippen LogP contribution in [0.5, 0.6) is 0 Å². The summed E-state index contributed by atoms with van der Waals surface area (Å²) in [4.78, 5) is 21.0. The molecule has 0 bridgehead atoms. The first-order valence-corrected chi connectivity index (χ1v) is 13.1. The minimum Gasteiger partial charge on any atom is -0.479 e. The number of hydrogen-bond donors (Lipinski definition) is 1. The molecule has 0 aromatic heterocycles. The minimum absolute atomic E-state index is 0.104. The molecule has 0 spiro atoms. The number of carbonyl (C=O) groups excluding carboxylic acids is 1. The van der Waals surface area contributed by atoms with Crippen LogP contribution in [0.25, 0.3) is 0 Å². The predicted octanol–water partition coefficient (Wildman–Crippen LogP) is 4.26. The summed E-state index contributed by atoms with van der Waals surface area (Å²) in [5.74, 6) is 1.30. The third kappa shape index (κ3) is 20.5. The van der Waals surface area contributed by atoms with Gasteiger partial charge in [-0.1, -0.05) is 43.2 Å². The zero-order chi connectivity index (χ0) is 18.8. The highest BCUT2D eigenvalue weighted by Crippen LogP contribution is 2.17. The fraction of sp³-hybridized carbons (Fsp3) is 0.867. The largest absolute Gasteiger partial charge is 0.479 e. The standard InChI is InChI=1S/C8H16O2S2.C7H14O3S2/c1-7(9)8(2)10-5-4-6-12-11-3;1-6(7(8)9)10-4-3-5-12-11-2/h8H,4-6H2,1-3H3;6H,3-5H2,1-2H3,(H,8,9)/t8-;6-/m00/s1. The fourth-order valence-corrected chi connectivity index (χ4v) is 3.62. The second-order valence-electron chi connectivity index (χ2n) is 4.66. The van der Waals surface area contributed by atoms with Gasteiger partial charge in [-0.2, -0.15) is 0 Å². The average molecular weight is 419 g/mol. The molecule has 9 heteroatoms. The Balaban J connectivity index is 0. The molecule has 0 unspecified atom stereocenters. The van der Waals surface area contributed by atoms with Crippen LogP contribution in [-0.4, -0.2) is 66.3 Å². The van der Waals surface area contributed by atoms with Crippen LogP contribution in [-0.2, 0) is 19.1 Å². The number of carboxylic acid groups (broad SMARTS) is 1. The van der Waals surface area contributed by atoms with Gasteiger partial charge in [0.25, 0.3) is 0 Å². The topological polar surface area (TPSA) is 72.8 Å². The number of aliphatic carboxylic acids is 1. The first-order valence-electron chi connectivity index (χ1n) is 7.64. The Labute approximate surface area is 161 Å². The summed E-state index contributed by atoms with van der Waals surface area (Å²) in [5.41, 5.74) is 0. The molecule has 0 aromatic carbocycles. The number of ketones is 1. The molecule has 24 heavy (non-hydrogen) atoms. The van der Waals surface area contributed by atoms with E-state index in [9.17, 15) is 9.59 Å². The van der Waals surface area contributed by atoms with Gasteiger partial charge >= 0.3 is 5.97 Å². The Morgan fingerprint density at radius 2 is 1.33 bits per heavy atom. The van der Waals surface area contributed by atoms with Crippen molar-refractivity contribution in [3.05, 3.63) is 0 Å². The van der Waals surface area contributed by atoms with Crippen LogP contribution < -0.4 is 0 Å². The predicted molar refractivity (Wildman–Crippen MR) is 110 cm³/mol. The second-order valence-corrected chi connectivity index (χ2v) is 10.0. The zero-order valence-electron chi connectivity index (χ0n) is 15.1. The van der Waals surface area contributed by atoms with Crippen LogP contribution >= 0.6 is 43.2 Å². The van der Waals surface area contributed by atoms with E-state index in [-0.39, 0.29) is 11.9 Å². The highest BCUT2D eigenvalue weighted by Gasteiger charge is 2.09. The van der Waals surface area contributed by atoms with Crippen molar-refractivity contribution in [2.45, 2.75) is 45.8 Å². The van der Waals surface area contributed by atoms with Crippen LogP contribution in [0.3, 0.4) is 0 Å². The van der Waals surface area contributed by atoms with Crippen molar-refractivity contribution in [2.24, 2.45) is 0 Å². The SMILES string of the molecule is CSSCCCO[C@@H](C)C(=O)O.CSSCCCO[C@@H](C)C(C)=O. The van der Waals surface area contributed by atoms with Crippen LogP contribution in [0.4, 0.5) is 0 Å². The molecule has 0 aliphatic heterocycles. The lowest BCUT2D eigenvalue weighted by Crippen LogP contribution is -2.20. The summed E-state index contributed by atoms with van der Waals surface area (Å²) < 4.78 is 10.3. The third-order valence-electron chi connectivity index (χ3n) is 2.64. The average Bonchev–Trinajstić information content (AvgIpc) is 2.54. The quantitative estimate of drug-likeness (QED) is 0.329. The molecule has 0 radical (unpaired) electrons. The third-order valence-corrected chi connectivity index (χ3v) is 6.43.